The first kappa shape index (κ1) is 39.4. The molecule has 4 N–H and O–H groups in total. The molecule has 5 aromatic rings. The van der Waals surface area contributed by atoms with Crippen molar-refractivity contribution < 1.29 is 19.1 Å². The molecular weight excluding hydrogens is 707 g/mol. The topological polar surface area (TPSA) is 148 Å². The third kappa shape index (κ3) is 9.32. The summed E-state index contributed by atoms with van der Waals surface area (Å²) in [5.41, 5.74) is 6.44. The first-order chi connectivity index (χ1) is 27.0. The Bertz CT molecular complexity index is 2320. The SMILES string of the molecule is CCNc1ccc(N=C(C(=O)Nc2cc(OC(NCC)Oc3ccc(C)cc3C)ccc2NC(C)=O)c2nc3c(c(=O)n2-c2ccccc2)CCCC3)c(C)c1. The fourth-order valence-corrected chi connectivity index (χ4v) is 6.67. The van der Waals surface area contributed by atoms with Gasteiger partial charge in [0.15, 0.2) is 11.5 Å². The lowest BCUT2D eigenvalue weighted by atomic mass is 9.96. The molecule has 1 atom stereocenters. The fraction of sp³-hybridized carbons (Fsp3) is 0.295. The van der Waals surface area contributed by atoms with E-state index in [2.05, 4.69) is 21.3 Å². The van der Waals surface area contributed by atoms with Gasteiger partial charge in [-0.15, -0.1) is 0 Å². The second-order valence-electron chi connectivity index (χ2n) is 13.8. The van der Waals surface area contributed by atoms with Gasteiger partial charge in [-0.2, -0.15) is 0 Å². The van der Waals surface area contributed by atoms with Crippen LogP contribution >= 0.6 is 0 Å². The minimum atomic E-state index is -0.873. The van der Waals surface area contributed by atoms with Gasteiger partial charge in [-0.1, -0.05) is 42.8 Å². The maximum Gasteiger partial charge on any atom is 0.302 e. The van der Waals surface area contributed by atoms with Gasteiger partial charge in [0.05, 0.1) is 28.4 Å². The highest BCUT2D eigenvalue weighted by Crippen LogP contribution is 2.30. The summed E-state index contributed by atoms with van der Waals surface area (Å²) in [4.78, 5) is 51.5. The Balaban J connectivity index is 1.46. The molecule has 12 heteroatoms. The maximum atomic E-state index is 14.8. The molecule has 1 aliphatic rings. The molecule has 12 nitrogen and oxygen atoms in total. The van der Waals surface area contributed by atoms with E-state index in [-0.39, 0.29) is 28.7 Å². The number of aliphatic imine (C=N–C) groups is 1. The number of anilines is 3. The zero-order valence-corrected chi connectivity index (χ0v) is 32.8. The number of aryl methyl sites for hydroxylation is 4. The Morgan fingerprint density at radius 3 is 2.34 bits per heavy atom. The van der Waals surface area contributed by atoms with Crippen LogP contribution in [0.15, 0.2) is 94.7 Å². The zero-order valence-electron chi connectivity index (χ0n) is 32.8. The fourth-order valence-electron chi connectivity index (χ4n) is 6.67. The maximum absolute atomic E-state index is 14.8. The number of nitrogens with zero attached hydrogens (tertiary/aromatic N) is 3. The molecule has 4 aromatic carbocycles. The number of carbonyl (C=O) groups excluding carboxylic acids is 2. The number of amides is 2. The zero-order chi connectivity index (χ0) is 39.8. The summed E-state index contributed by atoms with van der Waals surface area (Å²) >= 11 is 0. The van der Waals surface area contributed by atoms with Gasteiger partial charge in [0.2, 0.25) is 5.91 Å². The number of fused-ring (bicyclic) bond motifs is 1. The van der Waals surface area contributed by atoms with Gasteiger partial charge in [-0.25, -0.2) is 15.3 Å². The summed E-state index contributed by atoms with van der Waals surface area (Å²) in [6.07, 6.45) is 2.10. The number of carbonyl (C=O) groups is 2. The average molecular weight is 756 g/mol. The van der Waals surface area contributed by atoms with Crippen molar-refractivity contribution in [2.75, 3.05) is 29.0 Å². The molecule has 0 spiro atoms. The van der Waals surface area contributed by atoms with Crippen molar-refractivity contribution in [1.29, 1.82) is 0 Å². The molecule has 290 valence electrons. The lowest BCUT2D eigenvalue weighted by Crippen LogP contribution is -2.39. The normalized spacial score (nSPS) is 13.0. The standard InChI is InChI=1S/C44H49N7O5/c1-7-45-31-19-21-35(28(4)25-31)48-40(41-49-36-17-13-12-16-34(36)43(54)51(41)32-14-10-9-11-15-32)42(53)50-38-26-33(20-22-37(38)47-30(6)52)55-44(46-8-2)56-39-23-18-27(3)24-29(39)5/h9-11,14-15,18-26,44-46H,7-8,12-13,16-17H2,1-6H3,(H,47,52)(H,50,53). The third-order valence-corrected chi connectivity index (χ3v) is 9.33. The lowest BCUT2D eigenvalue weighted by molar-refractivity contribution is -0.114. The van der Waals surface area contributed by atoms with Crippen molar-refractivity contribution in [3.05, 3.63) is 129 Å². The number of nitrogens with one attached hydrogen (secondary N) is 4. The van der Waals surface area contributed by atoms with Crippen LogP contribution in [0, 0.1) is 20.8 Å². The van der Waals surface area contributed by atoms with E-state index in [9.17, 15) is 14.4 Å². The molecule has 1 aliphatic carbocycles. The van der Waals surface area contributed by atoms with Gasteiger partial charge in [0.25, 0.3) is 11.5 Å². The molecule has 0 radical (unpaired) electrons. The summed E-state index contributed by atoms with van der Waals surface area (Å²) in [6, 6.07) is 25.7. The van der Waals surface area contributed by atoms with Gasteiger partial charge in [0, 0.05) is 30.8 Å². The monoisotopic (exact) mass is 755 g/mol. The van der Waals surface area contributed by atoms with Crippen molar-refractivity contribution in [3.8, 4) is 17.2 Å². The Hall–Kier alpha value is -6.27. The van der Waals surface area contributed by atoms with Crippen LogP contribution in [0.4, 0.5) is 22.7 Å². The van der Waals surface area contributed by atoms with Gasteiger partial charge < -0.3 is 25.4 Å². The molecule has 1 unspecified atom stereocenters. The van der Waals surface area contributed by atoms with E-state index in [1.165, 1.54) is 11.5 Å². The second kappa shape index (κ2) is 17.9. The molecule has 56 heavy (non-hydrogen) atoms. The van der Waals surface area contributed by atoms with Crippen molar-refractivity contribution >= 4 is 40.3 Å². The molecule has 1 aromatic heterocycles. The summed E-state index contributed by atoms with van der Waals surface area (Å²) in [5, 5.41) is 12.3. The Morgan fingerprint density at radius 1 is 0.839 bits per heavy atom. The molecule has 6 rings (SSSR count). The highest BCUT2D eigenvalue weighted by atomic mass is 16.7. The van der Waals surface area contributed by atoms with Crippen LogP contribution in [0.3, 0.4) is 0 Å². The van der Waals surface area contributed by atoms with Gasteiger partial charge >= 0.3 is 6.41 Å². The number of hydrogen-bond donors (Lipinski definition) is 4. The van der Waals surface area contributed by atoms with Crippen molar-refractivity contribution in [2.45, 2.75) is 73.6 Å². The molecule has 0 saturated carbocycles. The largest absolute Gasteiger partial charge is 0.442 e. The van der Waals surface area contributed by atoms with Crippen molar-refractivity contribution in [2.24, 2.45) is 4.99 Å². The number of para-hydroxylation sites is 1. The smallest absolute Gasteiger partial charge is 0.302 e. The predicted molar refractivity (Wildman–Crippen MR) is 222 cm³/mol. The first-order valence-corrected chi connectivity index (χ1v) is 19.0. The second-order valence-corrected chi connectivity index (χ2v) is 13.8. The van der Waals surface area contributed by atoms with Crippen molar-refractivity contribution in [3.63, 3.8) is 0 Å². The Morgan fingerprint density at radius 2 is 1.62 bits per heavy atom. The summed E-state index contributed by atoms with van der Waals surface area (Å²) in [5.74, 6) is 0.133. The molecular formula is C44H49N7O5. The number of benzene rings is 4. The van der Waals surface area contributed by atoms with Crippen LogP contribution in [0.1, 0.15) is 67.4 Å². The Kier molecular flexibility index (Phi) is 12.6. The van der Waals surface area contributed by atoms with E-state index in [4.69, 9.17) is 19.5 Å². The summed E-state index contributed by atoms with van der Waals surface area (Å²) < 4.78 is 14.0. The number of rotatable bonds is 14. The predicted octanol–water partition coefficient (Wildman–Crippen LogP) is 7.54. The molecule has 0 saturated heterocycles. The molecule has 0 bridgehead atoms. The lowest BCUT2D eigenvalue weighted by Gasteiger charge is -2.23. The van der Waals surface area contributed by atoms with Gasteiger partial charge in [-0.05, 0) is 120 Å². The van der Waals surface area contributed by atoms with E-state index < -0.39 is 12.3 Å². The highest BCUT2D eigenvalue weighted by molar-refractivity contribution is 6.48. The van der Waals surface area contributed by atoms with Crippen molar-refractivity contribution in [1.82, 2.24) is 14.9 Å². The minimum Gasteiger partial charge on any atom is -0.442 e. The summed E-state index contributed by atoms with van der Waals surface area (Å²) in [7, 11) is 0. The van der Waals surface area contributed by atoms with E-state index in [1.54, 1.807) is 18.2 Å². The quantitative estimate of drug-likeness (QED) is 0.0672. The molecule has 1 heterocycles. The first-order valence-electron chi connectivity index (χ1n) is 19.0. The van der Waals surface area contributed by atoms with Gasteiger partial charge in [0.1, 0.15) is 11.5 Å². The van der Waals surface area contributed by atoms with Crippen LogP contribution in [-0.4, -0.2) is 46.6 Å². The van der Waals surface area contributed by atoms with E-state index >= 15 is 0 Å². The van der Waals surface area contributed by atoms with Crippen LogP contribution in [0.25, 0.3) is 5.69 Å². The molecule has 0 aliphatic heterocycles. The van der Waals surface area contributed by atoms with E-state index in [0.717, 1.165) is 41.8 Å². The minimum absolute atomic E-state index is 0.0811. The highest BCUT2D eigenvalue weighted by Gasteiger charge is 2.28. The van der Waals surface area contributed by atoms with Crippen LogP contribution in [0.2, 0.25) is 0 Å². The number of aromatic nitrogens is 2. The summed E-state index contributed by atoms with van der Waals surface area (Å²) in [6.45, 7) is 12.5. The number of ether oxygens (including phenoxy) is 2. The van der Waals surface area contributed by atoms with Crippen LogP contribution in [-0.2, 0) is 22.4 Å². The molecule has 2 amide bonds. The van der Waals surface area contributed by atoms with Gasteiger partial charge in [-0.3, -0.25) is 19.0 Å². The average Bonchev–Trinajstić information content (AvgIpc) is 3.17. The Labute approximate surface area is 327 Å². The third-order valence-electron chi connectivity index (χ3n) is 9.33. The van der Waals surface area contributed by atoms with E-state index in [0.29, 0.717) is 59.2 Å². The van der Waals surface area contributed by atoms with E-state index in [1.807, 2.05) is 101 Å². The van der Waals surface area contributed by atoms with Crippen LogP contribution in [0.5, 0.6) is 11.5 Å². The van der Waals surface area contributed by atoms with Crippen LogP contribution < -0.4 is 36.3 Å². The number of hydrogen-bond acceptors (Lipinski definition) is 9. The molecule has 0 fully saturated rings.